The zero-order valence-electron chi connectivity index (χ0n) is 15.5. The van der Waals surface area contributed by atoms with Gasteiger partial charge in [0.2, 0.25) is 0 Å². The number of allylic oxidation sites excluding steroid dienone is 2. The Balaban J connectivity index is 1.96. The number of Topliss-reactive ketones (excluding diaryl/α,β-unsaturated/α-hetero) is 1. The molecule has 0 spiro atoms. The molecule has 0 heterocycles. The number of esters is 1. The molecular weight excluding hydrogens is 415 g/mol. The molecule has 26 heavy (non-hydrogen) atoms. The van der Waals surface area contributed by atoms with E-state index in [0.717, 1.165) is 24.8 Å². The fraction of sp³-hybridized carbons (Fsp3) is 0.524. The van der Waals surface area contributed by atoms with Gasteiger partial charge in [0.1, 0.15) is 0 Å². The van der Waals surface area contributed by atoms with Crippen molar-refractivity contribution in [3.05, 3.63) is 40.9 Å². The van der Waals surface area contributed by atoms with Crippen LogP contribution in [0, 0.1) is 17.8 Å². The van der Waals surface area contributed by atoms with Crippen molar-refractivity contribution >= 4 is 42.8 Å². The molecule has 2 aliphatic rings. The second-order valence-corrected chi connectivity index (χ2v) is 11.1. The molecule has 0 radical (unpaired) electrons. The van der Waals surface area contributed by atoms with Crippen LogP contribution in [0.15, 0.2) is 40.9 Å². The van der Waals surface area contributed by atoms with Crippen molar-refractivity contribution in [2.45, 2.75) is 43.8 Å². The van der Waals surface area contributed by atoms with Crippen molar-refractivity contribution < 1.29 is 14.3 Å². The van der Waals surface area contributed by atoms with E-state index in [1.54, 1.807) is 0 Å². The summed E-state index contributed by atoms with van der Waals surface area (Å²) >= 11 is 6.32. The van der Waals surface area contributed by atoms with Crippen molar-refractivity contribution in [2.24, 2.45) is 17.8 Å². The van der Waals surface area contributed by atoms with Crippen LogP contribution in [0.25, 0.3) is 0 Å². The van der Waals surface area contributed by atoms with Crippen molar-refractivity contribution in [1.29, 1.82) is 0 Å². The molecule has 1 saturated carbocycles. The summed E-state index contributed by atoms with van der Waals surface area (Å²) in [5.74, 6) is 0.704. The summed E-state index contributed by atoms with van der Waals surface area (Å²) in [7, 11) is 1.47. The quantitative estimate of drug-likeness (QED) is 0.528. The van der Waals surface area contributed by atoms with Gasteiger partial charge in [0.25, 0.3) is 0 Å². The number of hydrogen-bond acceptors (Lipinski definition) is 3. The van der Waals surface area contributed by atoms with Gasteiger partial charge in [-0.3, -0.25) is 0 Å². The summed E-state index contributed by atoms with van der Waals surface area (Å²) in [4.78, 5) is 25.0. The Morgan fingerprint density at radius 2 is 1.92 bits per heavy atom. The minimum atomic E-state index is -0.576. The zero-order valence-corrected chi connectivity index (χ0v) is 17.9. The third-order valence-corrected chi connectivity index (χ3v) is 9.40. The fourth-order valence-corrected chi connectivity index (χ4v) is 7.33. The average molecular weight is 440 g/mol. The van der Waals surface area contributed by atoms with Crippen LogP contribution >= 0.6 is 11.6 Å². The number of halogens is 1. The number of fused-ring (bicyclic) bond motifs is 1. The Bertz CT molecular complexity index is 730. The van der Waals surface area contributed by atoms with Crippen molar-refractivity contribution in [3.8, 4) is 0 Å². The minimum absolute atomic E-state index is 0.0625. The molecule has 3 rings (SSSR count). The molecule has 2 aliphatic carbocycles. The van der Waals surface area contributed by atoms with E-state index in [-0.39, 0.29) is 38.5 Å². The summed E-state index contributed by atoms with van der Waals surface area (Å²) in [6.07, 6.45) is 3.22. The molecule has 1 unspecified atom stereocenters. The summed E-state index contributed by atoms with van der Waals surface area (Å²) in [5.41, 5.74) is 1.07. The standard InChI is InChI=1S/C21H25ClO3Se/c1-13-9-10-14(11-17-16(13)12-18(23)19(17)22)21(2,20(24)25-3)26-15-7-5-4-6-8-15/h4-8,13-14,16H,9-12H2,1-3H3/t13-,14+,16+,21?/m0/s1. The van der Waals surface area contributed by atoms with Gasteiger partial charge in [0.05, 0.1) is 0 Å². The fourth-order valence-electron chi connectivity index (χ4n) is 4.27. The summed E-state index contributed by atoms with van der Waals surface area (Å²) in [5, 5.41) is 0.424. The molecule has 0 N–H and O–H groups in total. The third kappa shape index (κ3) is 3.65. The van der Waals surface area contributed by atoms with Gasteiger partial charge in [-0.05, 0) is 0 Å². The molecule has 0 aromatic heterocycles. The Morgan fingerprint density at radius 1 is 1.23 bits per heavy atom. The molecule has 4 atom stereocenters. The number of carbonyl (C=O) groups excluding carboxylic acids is 2. The molecule has 0 amide bonds. The monoisotopic (exact) mass is 440 g/mol. The van der Waals surface area contributed by atoms with Crippen LogP contribution in [-0.2, 0) is 14.3 Å². The molecule has 3 nitrogen and oxygen atoms in total. The van der Waals surface area contributed by atoms with E-state index in [1.807, 2.05) is 25.1 Å². The number of carbonyl (C=O) groups is 2. The maximum absolute atomic E-state index is 12.8. The second-order valence-electron chi connectivity index (χ2n) is 7.54. The Kier molecular flexibility index (Phi) is 5.96. The molecule has 1 aromatic rings. The first-order valence-electron chi connectivity index (χ1n) is 9.11. The van der Waals surface area contributed by atoms with E-state index in [9.17, 15) is 9.59 Å². The van der Waals surface area contributed by atoms with Crippen molar-refractivity contribution in [3.63, 3.8) is 0 Å². The Hall–Kier alpha value is -1.09. The van der Waals surface area contributed by atoms with Gasteiger partial charge in [-0.2, -0.15) is 0 Å². The van der Waals surface area contributed by atoms with Crippen LogP contribution < -0.4 is 4.46 Å². The average Bonchev–Trinajstić information content (AvgIpc) is 2.81. The number of methoxy groups -OCH3 is 1. The van der Waals surface area contributed by atoms with Gasteiger partial charge in [-0.1, -0.05) is 0 Å². The van der Waals surface area contributed by atoms with E-state index in [2.05, 4.69) is 19.1 Å². The van der Waals surface area contributed by atoms with Crippen LogP contribution in [0.5, 0.6) is 0 Å². The van der Waals surface area contributed by atoms with Crippen LogP contribution in [0.2, 0.25) is 4.31 Å². The van der Waals surface area contributed by atoms with Gasteiger partial charge in [-0.25, -0.2) is 0 Å². The van der Waals surface area contributed by atoms with E-state index in [1.165, 1.54) is 11.6 Å². The molecule has 0 aliphatic heterocycles. The SMILES string of the molecule is COC(=O)C(C)([Se]c1ccccc1)[C@@H]1CC[C@H](C)[C@H]2CC(=O)C(Cl)=C2C1. The van der Waals surface area contributed by atoms with Crippen LogP contribution in [0.3, 0.4) is 0 Å². The Morgan fingerprint density at radius 3 is 2.58 bits per heavy atom. The van der Waals surface area contributed by atoms with E-state index in [0.29, 0.717) is 17.4 Å². The predicted molar refractivity (Wildman–Crippen MR) is 105 cm³/mol. The van der Waals surface area contributed by atoms with E-state index < -0.39 is 4.31 Å². The van der Waals surface area contributed by atoms with Gasteiger partial charge in [0.15, 0.2) is 0 Å². The second kappa shape index (κ2) is 7.88. The number of rotatable bonds is 4. The predicted octanol–water partition coefficient (Wildman–Crippen LogP) is 3.89. The first-order chi connectivity index (χ1) is 12.4. The third-order valence-electron chi connectivity index (χ3n) is 5.95. The summed E-state index contributed by atoms with van der Waals surface area (Å²) in [6.45, 7) is 4.24. The van der Waals surface area contributed by atoms with Crippen LogP contribution in [0.1, 0.15) is 39.5 Å². The molecule has 1 fully saturated rings. The van der Waals surface area contributed by atoms with E-state index >= 15 is 0 Å². The van der Waals surface area contributed by atoms with Crippen molar-refractivity contribution in [2.75, 3.05) is 7.11 Å². The summed E-state index contributed by atoms with van der Waals surface area (Å²) in [6, 6.07) is 10.2. The van der Waals surface area contributed by atoms with Crippen LogP contribution in [-0.4, -0.2) is 33.8 Å². The zero-order chi connectivity index (χ0) is 18.9. The van der Waals surface area contributed by atoms with Gasteiger partial charge in [-0.15, -0.1) is 0 Å². The van der Waals surface area contributed by atoms with Gasteiger partial charge < -0.3 is 0 Å². The number of benzene rings is 1. The first kappa shape index (κ1) is 19.7. The first-order valence-corrected chi connectivity index (χ1v) is 11.2. The molecule has 0 saturated heterocycles. The Labute approximate surface area is 166 Å². The maximum atomic E-state index is 12.8. The normalized spacial score (nSPS) is 28.3. The number of ketones is 1. The van der Waals surface area contributed by atoms with E-state index in [4.69, 9.17) is 16.3 Å². The molecule has 140 valence electrons. The number of ether oxygens (including phenoxy) is 1. The number of hydrogen-bond donors (Lipinski definition) is 0. The van der Waals surface area contributed by atoms with Gasteiger partial charge in [0, 0.05) is 0 Å². The van der Waals surface area contributed by atoms with Crippen LogP contribution in [0.4, 0.5) is 0 Å². The summed E-state index contributed by atoms with van der Waals surface area (Å²) < 4.78 is 5.84. The van der Waals surface area contributed by atoms with Gasteiger partial charge >= 0.3 is 167 Å². The topological polar surface area (TPSA) is 43.4 Å². The molecular formula is C21H25ClO3Se. The molecule has 1 aromatic carbocycles. The molecule has 5 heteroatoms. The van der Waals surface area contributed by atoms with Crippen molar-refractivity contribution in [1.82, 2.24) is 0 Å². The molecule has 0 bridgehead atoms.